The fraction of sp³-hybridized carbons (Fsp3) is 0.500. The van der Waals surface area contributed by atoms with Crippen molar-refractivity contribution in [1.29, 1.82) is 5.26 Å². The third-order valence-corrected chi connectivity index (χ3v) is 4.45. The Kier molecular flexibility index (Phi) is 5.02. The van der Waals surface area contributed by atoms with Crippen LogP contribution >= 0.6 is 11.6 Å². The Balaban J connectivity index is 3.09. The summed E-state index contributed by atoms with van der Waals surface area (Å²) in [5.41, 5.74) is 0. The van der Waals surface area contributed by atoms with Gasteiger partial charge in [-0.15, -0.1) is 0 Å². The van der Waals surface area contributed by atoms with Crippen molar-refractivity contribution in [1.82, 2.24) is 14.3 Å². The lowest BCUT2D eigenvalue weighted by Crippen LogP contribution is -2.37. The van der Waals surface area contributed by atoms with E-state index in [-0.39, 0.29) is 29.2 Å². The molecule has 0 aliphatic carbocycles. The minimum atomic E-state index is -3.69. The fourth-order valence-corrected chi connectivity index (χ4v) is 3.01. The maximum Gasteiger partial charge on any atom is 0.246 e. The van der Waals surface area contributed by atoms with Crippen LogP contribution in [-0.4, -0.2) is 35.3 Å². The summed E-state index contributed by atoms with van der Waals surface area (Å²) in [5.74, 6) is 0. The molecule has 0 aromatic carbocycles. The van der Waals surface area contributed by atoms with Gasteiger partial charge < -0.3 is 0 Å². The number of aromatic nitrogens is 2. The first-order valence-corrected chi connectivity index (χ1v) is 7.07. The van der Waals surface area contributed by atoms with Gasteiger partial charge in [-0.2, -0.15) is 9.57 Å². The number of hydrogen-bond donors (Lipinski definition) is 0. The molecule has 1 heterocycles. The molecule has 1 aromatic rings. The fourth-order valence-electron chi connectivity index (χ4n) is 1.39. The topological polar surface area (TPSA) is 87.0 Å². The molecule has 0 bridgehead atoms. The van der Waals surface area contributed by atoms with Crippen molar-refractivity contribution in [2.24, 2.45) is 0 Å². The number of halogens is 1. The average molecular weight is 289 g/mol. The molecule has 0 fully saturated rings. The van der Waals surface area contributed by atoms with Crippen LogP contribution in [0.3, 0.4) is 0 Å². The van der Waals surface area contributed by atoms with E-state index in [4.69, 9.17) is 16.9 Å². The zero-order valence-electron chi connectivity index (χ0n) is 10.0. The van der Waals surface area contributed by atoms with E-state index in [2.05, 4.69) is 9.97 Å². The highest BCUT2D eigenvalue weighted by molar-refractivity contribution is 7.89. The molecule has 0 aliphatic heterocycles. The molecule has 0 unspecified atom stereocenters. The molecule has 0 amide bonds. The van der Waals surface area contributed by atoms with E-state index >= 15 is 0 Å². The number of sulfonamides is 1. The second-order valence-electron chi connectivity index (χ2n) is 3.81. The van der Waals surface area contributed by atoms with Crippen LogP contribution < -0.4 is 0 Å². The van der Waals surface area contributed by atoms with Crippen molar-refractivity contribution < 1.29 is 8.42 Å². The quantitative estimate of drug-likeness (QED) is 0.765. The van der Waals surface area contributed by atoms with Gasteiger partial charge in [-0.1, -0.05) is 0 Å². The summed E-state index contributed by atoms with van der Waals surface area (Å²) in [6.45, 7) is 3.62. The number of nitriles is 1. The zero-order valence-corrected chi connectivity index (χ0v) is 11.6. The predicted molar refractivity (Wildman–Crippen MR) is 66.3 cm³/mol. The van der Waals surface area contributed by atoms with Gasteiger partial charge in [-0.25, -0.2) is 18.4 Å². The summed E-state index contributed by atoms with van der Waals surface area (Å²) in [6, 6.07) is 1.68. The molecule has 0 N–H and O–H groups in total. The van der Waals surface area contributed by atoms with Gasteiger partial charge >= 0.3 is 0 Å². The van der Waals surface area contributed by atoms with Gasteiger partial charge in [0, 0.05) is 19.0 Å². The van der Waals surface area contributed by atoms with E-state index in [9.17, 15) is 8.42 Å². The largest absolute Gasteiger partial charge is 0.246 e. The normalized spacial score (nSPS) is 11.8. The molecule has 1 aromatic heterocycles. The average Bonchev–Trinajstić information content (AvgIpc) is 2.29. The monoisotopic (exact) mass is 288 g/mol. The van der Waals surface area contributed by atoms with E-state index in [1.54, 1.807) is 13.8 Å². The molecule has 0 atom stereocenters. The van der Waals surface area contributed by atoms with Gasteiger partial charge in [0.1, 0.15) is 4.90 Å². The Bertz CT molecular complexity index is 536. The summed E-state index contributed by atoms with van der Waals surface area (Å²) in [4.78, 5) is 7.27. The van der Waals surface area contributed by atoms with Crippen LogP contribution in [0.1, 0.15) is 20.3 Å². The maximum absolute atomic E-state index is 12.3. The Morgan fingerprint density at radius 1 is 1.44 bits per heavy atom. The number of rotatable bonds is 5. The van der Waals surface area contributed by atoms with Gasteiger partial charge in [-0.05, 0) is 25.4 Å². The van der Waals surface area contributed by atoms with Crippen LogP contribution in [0.5, 0.6) is 0 Å². The molecule has 0 spiro atoms. The van der Waals surface area contributed by atoms with Crippen LogP contribution in [0.2, 0.25) is 5.28 Å². The summed E-state index contributed by atoms with van der Waals surface area (Å²) >= 11 is 5.51. The van der Waals surface area contributed by atoms with Crippen molar-refractivity contribution >= 4 is 21.6 Å². The maximum atomic E-state index is 12.3. The van der Waals surface area contributed by atoms with Gasteiger partial charge in [0.05, 0.1) is 18.5 Å². The van der Waals surface area contributed by atoms with E-state index in [0.29, 0.717) is 0 Å². The minimum Gasteiger partial charge on any atom is -0.225 e. The lowest BCUT2D eigenvalue weighted by Gasteiger charge is -2.24. The first kappa shape index (κ1) is 14.8. The molecule has 98 valence electrons. The SMILES string of the molecule is CC(C)N(CCC#N)S(=O)(=O)c1cnc(Cl)nc1. The Morgan fingerprint density at radius 2 is 2.00 bits per heavy atom. The summed E-state index contributed by atoms with van der Waals surface area (Å²) in [6.07, 6.45) is 2.45. The van der Waals surface area contributed by atoms with E-state index in [1.165, 1.54) is 4.31 Å². The van der Waals surface area contributed by atoms with Gasteiger partial charge in [-0.3, -0.25) is 0 Å². The second kappa shape index (κ2) is 6.09. The Hall–Kier alpha value is -1.23. The molecule has 0 radical (unpaired) electrons. The van der Waals surface area contributed by atoms with E-state index < -0.39 is 10.0 Å². The van der Waals surface area contributed by atoms with Crippen molar-refractivity contribution in [3.63, 3.8) is 0 Å². The first-order valence-electron chi connectivity index (χ1n) is 5.26. The predicted octanol–water partition coefficient (Wildman–Crippen LogP) is 1.44. The highest BCUT2D eigenvalue weighted by atomic mass is 35.5. The lowest BCUT2D eigenvalue weighted by atomic mass is 10.3. The highest BCUT2D eigenvalue weighted by Crippen LogP contribution is 2.17. The number of hydrogen-bond acceptors (Lipinski definition) is 5. The molecule has 0 saturated carbocycles. The van der Waals surface area contributed by atoms with Gasteiger partial charge in [0.15, 0.2) is 0 Å². The molecule has 6 nitrogen and oxygen atoms in total. The van der Waals surface area contributed by atoms with E-state index in [1.807, 2.05) is 6.07 Å². The van der Waals surface area contributed by atoms with Crippen LogP contribution in [0.25, 0.3) is 0 Å². The zero-order chi connectivity index (χ0) is 13.8. The summed E-state index contributed by atoms with van der Waals surface area (Å²) in [5, 5.41) is 8.54. The minimum absolute atomic E-state index is 0.0120. The third-order valence-electron chi connectivity index (χ3n) is 2.22. The molecule has 0 saturated heterocycles. The molecule has 18 heavy (non-hydrogen) atoms. The molecule has 8 heteroatoms. The van der Waals surface area contributed by atoms with Crippen molar-refractivity contribution in [2.45, 2.75) is 31.2 Å². The standard InChI is InChI=1S/C10H13ClN4O2S/c1-8(2)15(5-3-4-12)18(16,17)9-6-13-10(11)14-7-9/h6-8H,3,5H2,1-2H3. The van der Waals surface area contributed by atoms with Crippen LogP contribution in [0.4, 0.5) is 0 Å². The Morgan fingerprint density at radius 3 is 2.44 bits per heavy atom. The van der Waals surface area contributed by atoms with Crippen LogP contribution in [0, 0.1) is 11.3 Å². The molecule has 0 aliphatic rings. The van der Waals surface area contributed by atoms with E-state index in [0.717, 1.165) is 12.4 Å². The molecular formula is C10H13ClN4O2S. The summed E-state index contributed by atoms with van der Waals surface area (Å²) < 4.78 is 25.8. The van der Waals surface area contributed by atoms with Gasteiger partial charge in [0.25, 0.3) is 0 Å². The second-order valence-corrected chi connectivity index (χ2v) is 6.03. The van der Waals surface area contributed by atoms with Crippen molar-refractivity contribution in [3.05, 3.63) is 17.7 Å². The Labute approximate surface area is 111 Å². The van der Waals surface area contributed by atoms with Crippen LogP contribution in [0.15, 0.2) is 17.3 Å². The lowest BCUT2D eigenvalue weighted by molar-refractivity contribution is 0.360. The molecular weight excluding hydrogens is 276 g/mol. The first-order chi connectivity index (χ1) is 8.39. The third kappa shape index (κ3) is 3.38. The van der Waals surface area contributed by atoms with Crippen LogP contribution in [-0.2, 0) is 10.0 Å². The van der Waals surface area contributed by atoms with Crippen molar-refractivity contribution in [3.8, 4) is 6.07 Å². The highest BCUT2D eigenvalue weighted by Gasteiger charge is 2.27. The summed E-state index contributed by atoms with van der Waals surface area (Å²) in [7, 11) is -3.69. The number of nitrogens with zero attached hydrogens (tertiary/aromatic N) is 4. The van der Waals surface area contributed by atoms with Gasteiger partial charge in [0.2, 0.25) is 15.3 Å². The smallest absolute Gasteiger partial charge is 0.225 e. The van der Waals surface area contributed by atoms with Crippen molar-refractivity contribution in [2.75, 3.05) is 6.54 Å². The molecule has 1 rings (SSSR count).